The molecule has 0 saturated heterocycles. The van der Waals surface area contributed by atoms with Crippen LogP contribution in [0.3, 0.4) is 0 Å². The van der Waals surface area contributed by atoms with E-state index in [0.717, 1.165) is 24.3 Å². The average molecular weight is 410 g/mol. The second kappa shape index (κ2) is 9.42. The van der Waals surface area contributed by atoms with E-state index in [0.29, 0.717) is 11.3 Å². The summed E-state index contributed by atoms with van der Waals surface area (Å²) < 4.78 is 42.8. The van der Waals surface area contributed by atoms with Crippen molar-refractivity contribution in [2.45, 2.75) is 19.2 Å². The van der Waals surface area contributed by atoms with Crippen molar-refractivity contribution in [1.82, 2.24) is 4.90 Å². The fourth-order valence-electron chi connectivity index (χ4n) is 2.39. The van der Waals surface area contributed by atoms with Crippen LogP contribution in [0.5, 0.6) is 5.75 Å². The van der Waals surface area contributed by atoms with Crippen LogP contribution in [-0.2, 0) is 6.18 Å². The molecule has 0 bridgehead atoms. The molecule has 2 N–H and O–H groups in total. The van der Waals surface area contributed by atoms with Crippen LogP contribution in [-0.4, -0.2) is 48.1 Å². The number of nitrogens with zero attached hydrogens (tertiary/aromatic N) is 1. The number of ketones is 1. The number of benzene rings is 2. The van der Waals surface area contributed by atoms with Gasteiger partial charge in [0.15, 0.2) is 5.78 Å². The molecule has 1 atom stereocenters. The summed E-state index contributed by atoms with van der Waals surface area (Å²) in [4.78, 5) is 24.6. The predicted molar refractivity (Wildman–Crippen MR) is 101 cm³/mol. The van der Waals surface area contributed by atoms with Gasteiger partial charge in [0, 0.05) is 18.3 Å². The van der Waals surface area contributed by atoms with Crippen molar-refractivity contribution in [2.75, 3.05) is 25.5 Å². The maximum absolute atomic E-state index is 12.5. The maximum Gasteiger partial charge on any atom is 0.416 e. The Morgan fingerprint density at radius 1 is 1.10 bits per heavy atom. The van der Waals surface area contributed by atoms with Gasteiger partial charge in [-0.2, -0.15) is 13.2 Å². The lowest BCUT2D eigenvalue weighted by molar-refractivity contribution is -0.137. The molecule has 0 fully saturated rings. The van der Waals surface area contributed by atoms with Gasteiger partial charge < -0.3 is 20.1 Å². The van der Waals surface area contributed by atoms with E-state index in [-0.39, 0.29) is 24.7 Å². The van der Waals surface area contributed by atoms with Crippen molar-refractivity contribution in [2.24, 2.45) is 0 Å². The summed E-state index contributed by atoms with van der Waals surface area (Å²) in [5, 5.41) is 12.6. The summed E-state index contributed by atoms with van der Waals surface area (Å²) in [5.74, 6) is 0.0888. The molecular weight excluding hydrogens is 389 g/mol. The number of carbonyl (C=O) groups excluding carboxylic acids is 2. The number of ether oxygens (including phenoxy) is 1. The Labute approximate surface area is 165 Å². The Morgan fingerprint density at radius 3 is 2.21 bits per heavy atom. The van der Waals surface area contributed by atoms with E-state index in [1.54, 1.807) is 24.3 Å². The molecule has 0 radical (unpaired) electrons. The standard InChI is InChI=1S/C20H21F3N2O4/c1-13(26)14-3-7-16(8-4-14)24-19(28)25(2)11-17(27)12-29-18-9-5-15(6-10-18)20(21,22)23/h3-10,17,27H,11-12H2,1-2H3,(H,24,28)/t17-/m0/s1. The number of rotatable bonds is 7. The monoisotopic (exact) mass is 410 g/mol. The third-order valence-electron chi connectivity index (χ3n) is 4.00. The molecule has 0 aliphatic carbocycles. The van der Waals surface area contributed by atoms with Gasteiger partial charge in [0.05, 0.1) is 12.1 Å². The number of amides is 2. The van der Waals surface area contributed by atoms with Crippen molar-refractivity contribution in [3.63, 3.8) is 0 Å². The number of alkyl halides is 3. The number of carbonyl (C=O) groups is 2. The van der Waals surface area contributed by atoms with Crippen molar-refractivity contribution in [3.05, 3.63) is 59.7 Å². The van der Waals surface area contributed by atoms with E-state index in [2.05, 4.69) is 5.32 Å². The van der Waals surface area contributed by atoms with E-state index < -0.39 is 23.9 Å². The van der Waals surface area contributed by atoms with Gasteiger partial charge in [-0.25, -0.2) is 4.79 Å². The molecule has 29 heavy (non-hydrogen) atoms. The Kier molecular flexibility index (Phi) is 7.22. The highest BCUT2D eigenvalue weighted by atomic mass is 19.4. The molecule has 2 amide bonds. The number of aliphatic hydroxyl groups excluding tert-OH is 1. The molecule has 0 spiro atoms. The highest BCUT2D eigenvalue weighted by Gasteiger charge is 2.30. The Bertz CT molecular complexity index is 836. The summed E-state index contributed by atoms with van der Waals surface area (Å²) in [6, 6.07) is 9.98. The highest BCUT2D eigenvalue weighted by molar-refractivity contribution is 5.95. The molecule has 0 aromatic heterocycles. The lowest BCUT2D eigenvalue weighted by atomic mass is 10.1. The predicted octanol–water partition coefficient (Wildman–Crippen LogP) is 3.81. The second-order valence-corrected chi connectivity index (χ2v) is 6.43. The fourth-order valence-corrected chi connectivity index (χ4v) is 2.39. The molecule has 0 unspecified atom stereocenters. The van der Waals surface area contributed by atoms with Crippen LogP contribution in [0.25, 0.3) is 0 Å². The van der Waals surface area contributed by atoms with Crippen LogP contribution < -0.4 is 10.1 Å². The number of nitrogens with one attached hydrogen (secondary N) is 1. The fraction of sp³-hybridized carbons (Fsp3) is 0.300. The largest absolute Gasteiger partial charge is 0.491 e. The smallest absolute Gasteiger partial charge is 0.416 e. The molecule has 2 rings (SSSR count). The first kappa shape index (κ1) is 22.2. The van der Waals surface area contributed by atoms with E-state index in [1.165, 1.54) is 18.9 Å². The number of likely N-dealkylation sites (N-methyl/N-ethyl adjacent to an activating group) is 1. The lowest BCUT2D eigenvalue weighted by Crippen LogP contribution is -2.39. The first-order valence-electron chi connectivity index (χ1n) is 8.67. The second-order valence-electron chi connectivity index (χ2n) is 6.43. The number of Topliss-reactive ketones (excluding diaryl/α,β-unsaturated/α-hetero) is 1. The Hall–Kier alpha value is -3.07. The minimum atomic E-state index is -4.43. The van der Waals surface area contributed by atoms with Crippen LogP contribution in [0.2, 0.25) is 0 Å². The van der Waals surface area contributed by atoms with Gasteiger partial charge in [-0.3, -0.25) is 4.79 Å². The summed E-state index contributed by atoms with van der Waals surface area (Å²) in [6.45, 7) is 1.18. The normalized spacial score (nSPS) is 12.2. The molecule has 156 valence electrons. The van der Waals surface area contributed by atoms with Gasteiger partial charge in [0.2, 0.25) is 0 Å². The zero-order valence-electron chi connectivity index (χ0n) is 15.9. The van der Waals surface area contributed by atoms with Crippen molar-refractivity contribution >= 4 is 17.5 Å². The van der Waals surface area contributed by atoms with E-state index in [9.17, 15) is 27.9 Å². The summed E-state index contributed by atoms with van der Waals surface area (Å²) in [7, 11) is 1.47. The van der Waals surface area contributed by atoms with Gasteiger partial charge >= 0.3 is 12.2 Å². The van der Waals surface area contributed by atoms with Gasteiger partial charge in [0.1, 0.15) is 18.5 Å². The minimum absolute atomic E-state index is 0.0575. The zero-order valence-corrected chi connectivity index (χ0v) is 15.9. The molecule has 9 heteroatoms. The zero-order chi connectivity index (χ0) is 21.6. The molecular formula is C20H21F3N2O4. The molecule has 2 aromatic carbocycles. The number of halogens is 3. The van der Waals surface area contributed by atoms with Gasteiger partial charge in [-0.1, -0.05) is 0 Å². The van der Waals surface area contributed by atoms with Gasteiger partial charge in [-0.05, 0) is 55.5 Å². The first-order valence-corrected chi connectivity index (χ1v) is 8.67. The SMILES string of the molecule is CC(=O)c1ccc(NC(=O)N(C)C[C@H](O)COc2ccc(C(F)(F)F)cc2)cc1. The van der Waals surface area contributed by atoms with E-state index in [4.69, 9.17) is 4.74 Å². The Morgan fingerprint density at radius 2 is 1.69 bits per heavy atom. The van der Waals surface area contributed by atoms with Crippen LogP contribution in [0.1, 0.15) is 22.8 Å². The molecule has 0 heterocycles. The number of aliphatic hydroxyl groups is 1. The van der Waals surface area contributed by atoms with Crippen LogP contribution >= 0.6 is 0 Å². The van der Waals surface area contributed by atoms with Crippen molar-refractivity contribution < 1.29 is 32.6 Å². The summed E-state index contributed by atoms with van der Waals surface area (Å²) >= 11 is 0. The number of hydrogen-bond donors (Lipinski definition) is 2. The summed E-state index contributed by atoms with van der Waals surface area (Å²) in [6.07, 6.45) is -5.48. The van der Waals surface area contributed by atoms with Crippen molar-refractivity contribution in [3.8, 4) is 5.75 Å². The number of anilines is 1. The van der Waals surface area contributed by atoms with Crippen LogP contribution in [0, 0.1) is 0 Å². The van der Waals surface area contributed by atoms with E-state index >= 15 is 0 Å². The average Bonchev–Trinajstić information content (AvgIpc) is 2.66. The van der Waals surface area contributed by atoms with E-state index in [1.807, 2.05) is 0 Å². The molecule has 6 nitrogen and oxygen atoms in total. The third-order valence-corrected chi connectivity index (χ3v) is 4.00. The maximum atomic E-state index is 12.5. The minimum Gasteiger partial charge on any atom is -0.491 e. The molecule has 0 aliphatic rings. The van der Waals surface area contributed by atoms with Crippen LogP contribution in [0.4, 0.5) is 23.7 Å². The molecule has 0 aliphatic heterocycles. The molecule has 2 aromatic rings. The highest BCUT2D eigenvalue weighted by Crippen LogP contribution is 2.30. The van der Waals surface area contributed by atoms with Gasteiger partial charge in [0.25, 0.3) is 0 Å². The first-order chi connectivity index (χ1) is 13.6. The topological polar surface area (TPSA) is 78.9 Å². The number of urea groups is 1. The number of hydrogen-bond acceptors (Lipinski definition) is 4. The quantitative estimate of drug-likeness (QED) is 0.681. The van der Waals surface area contributed by atoms with Crippen molar-refractivity contribution in [1.29, 1.82) is 0 Å². The Balaban J connectivity index is 1.81. The third kappa shape index (κ3) is 6.79. The lowest BCUT2D eigenvalue weighted by Gasteiger charge is -2.21. The molecule has 0 saturated carbocycles. The van der Waals surface area contributed by atoms with Gasteiger partial charge in [-0.15, -0.1) is 0 Å². The van der Waals surface area contributed by atoms with Crippen LogP contribution in [0.15, 0.2) is 48.5 Å². The summed E-state index contributed by atoms with van der Waals surface area (Å²) in [5.41, 5.74) is 0.215.